The zero-order valence-electron chi connectivity index (χ0n) is 7.52. The molecule has 0 saturated heterocycles. The van der Waals surface area contributed by atoms with Gasteiger partial charge in [-0.2, -0.15) is 0 Å². The normalized spacial score (nSPS) is 10.0. The highest BCUT2D eigenvalue weighted by Crippen LogP contribution is 2.30. The Labute approximate surface area is 104 Å². The van der Waals surface area contributed by atoms with Gasteiger partial charge in [0, 0.05) is 16.9 Å². The summed E-state index contributed by atoms with van der Waals surface area (Å²) >= 11 is 6.77. The van der Waals surface area contributed by atoms with E-state index in [4.69, 9.17) is 4.74 Å². The molecule has 0 aliphatic rings. The molecular formula is C10H6Br2N2O. The van der Waals surface area contributed by atoms with Crippen LogP contribution in [0.5, 0.6) is 11.6 Å². The van der Waals surface area contributed by atoms with Crippen LogP contribution in [0.1, 0.15) is 0 Å². The number of hydrogen-bond donors (Lipinski definition) is 0. The molecule has 0 bridgehead atoms. The number of ether oxygens (including phenoxy) is 1. The molecule has 1 heterocycles. The van der Waals surface area contributed by atoms with Crippen molar-refractivity contribution < 1.29 is 4.74 Å². The van der Waals surface area contributed by atoms with Crippen molar-refractivity contribution in [1.82, 2.24) is 9.97 Å². The van der Waals surface area contributed by atoms with E-state index in [-0.39, 0.29) is 0 Å². The summed E-state index contributed by atoms with van der Waals surface area (Å²) in [6.07, 6.45) is 4.75. The van der Waals surface area contributed by atoms with Crippen LogP contribution in [0.4, 0.5) is 0 Å². The smallest absolute Gasteiger partial charge is 0.237 e. The van der Waals surface area contributed by atoms with Crippen LogP contribution in [-0.4, -0.2) is 9.97 Å². The predicted molar refractivity (Wildman–Crippen MR) is 63.9 cm³/mol. The molecule has 0 saturated carbocycles. The van der Waals surface area contributed by atoms with Gasteiger partial charge in [0.2, 0.25) is 5.88 Å². The molecule has 0 atom stereocenters. The third-order valence-electron chi connectivity index (χ3n) is 1.65. The van der Waals surface area contributed by atoms with Gasteiger partial charge in [0.25, 0.3) is 0 Å². The van der Waals surface area contributed by atoms with Gasteiger partial charge in [-0.05, 0) is 34.1 Å². The van der Waals surface area contributed by atoms with Crippen LogP contribution in [0.2, 0.25) is 0 Å². The van der Waals surface area contributed by atoms with Crippen molar-refractivity contribution >= 4 is 31.9 Å². The maximum Gasteiger partial charge on any atom is 0.237 e. The summed E-state index contributed by atoms with van der Waals surface area (Å²) in [6.45, 7) is 0. The fraction of sp³-hybridized carbons (Fsp3) is 0. The van der Waals surface area contributed by atoms with E-state index in [1.165, 1.54) is 0 Å². The lowest BCUT2D eigenvalue weighted by Crippen LogP contribution is -1.88. The van der Waals surface area contributed by atoms with Crippen molar-refractivity contribution in [1.29, 1.82) is 0 Å². The molecule has 0 radical (unpaired) electrons. The molecule has 0 aliphatic heterocycles. The van der Waals surface area contributed by atoms with Crippen LogP contribution in [0.15, 0.2) is 45.7 Å². The highest BCUT2D eigenvalue weighted by molar-refractivity contribution is 9.11. The average molecular weight is 330 g/mol. The van der Waals surface area contributed by atoms with E-state index in [0.29, 0.717) is 11.6 Å². The van der Waals surface area contributed by atoms with Crippen LogP contribution in [0.25, 0.3) is 0 Å². The van der Waals surface area contributed by atoms with Gasteiger partial charge in [-0.25, -0.2) is 4.98 Å². The molecule has 0 unspecified atom stereocenters. The Hall–Kier alpha value is -0.940. The summed E-state index contributed by atoms with van der Waals surface area (Å²) in [6, 6.07) is 5.66. The molecule has 0 aliphatic carbocycles. The van der Waals surface area contributed by atoms with Crippen molar-refractivity contribution in [3.05, 3.63) is 45.7 Å². The monoisotopic (exact) mass is 328 g/mol. The first-order valence-electron chi connectivity index (χ1n) is 4.14. The van der Waals surface area contributed by atoms with Gasteiger partial charge in [0.05, 0.1) is 10.7 Å². The lowest BCUT2D eigenvalue weighted by molar-refractivity contribution is 0.457. The molecule has 15 heavy (non-hydrogen) atoms. The van der Waals surface area contributed by atoms with E-state index in [9.17, 15) is 0 Å². The van der Waals surface area contributed by atoms with Gasteiger partial charge in [-0.3, -0.25) is 4.98 Å². The first-order valence-corrected chi connectivity index (χ1v) is 5.73. The minimum Gasteiger partial charge on any atom is -0.436 e. The minimum atomic E-state index is 0.473. The molecule has 1 aromatic heterocycles. The van der Waals surface area contributed by atoms with E-state index < -0.39 is 0 Å². The van der Waals surface area contributed by atoms with Gasteiger partial charge in [-0.15, -0.1) is 0 Å². The van der Waals surface area contributed by atoms with Crippen molar-refractivity contribution in [3.63, 3.8) is 0 Å². The van der Waals surface area contributed by atoms with Gasteiger partial charge in [-0.1, -0.05) is 15.9 Å². The maximum atomic E-state index is 5.52. The lowest BCUT2D eigenvalue weighted by Gasteiger charge is -2.05. The van der Waals surface area contributed by atoms with Crippen LogP contribution in [-0.2, 0) is 0 Å². The Balaban J connectivity index is 2.25. The summed E-state index contributed by atoms with van der Waals surface area (Å²) in [5, 5.41) is 0. The van der Waals surface area contributed by atoms with E-state index in [1.54, 1.807) is 18.6 Å². The summed E-state index contributed by atoms with van der Waals surface area (Å²) in [5.74, 6) is 1.18. The second kappa shape index (κ2) is 4.72. The van der Waals surface area contributed by atoms with Crippen LogP contribution in [0.3, 0.4) is 0 Å². The number of nitrogens with zero attached hydrogens (tertiary/aromatic N) is 2. The standard InChI is InChI=1S/C10H6Br2N2O/c11-7-1-2-9(8(12)5-7)15-10-6-13-3-4-14-10/h1-6H. The lowest BCUT2D eigenvalue weighted by atomic mass is 10.3. The molecule has 0 spiro atoms. The Morgan fingerprint density at radius 2 is 2.00 bits per heavy atom. The maximum absolute atomic E-state index is 5.52. The molecule has 0 fully saturated rings. The third-order valence-corrected chi connectivity index (χ3v) is 2.76. The predicted octanol–water partition coefficient (Wildman–Crippen LogP) is 3.79. The number of rotatable bonds is 2. The van der Waals surface area contributed by atoms with Gasteiger partial charge in [0.15, 0.2) is 0 Å². The topological polar surface area (TPSA) is 35.0 Å². The number of aromatic nitrogens is 2. The third kappa shape index (κ3) is 2.76. The number of benzene rings is 1. The van der Waals surface area contributed by atoms with Crippen LogP contribution < -0.4 is 4.74 Å². The molecule has 2 rings (SSSR count). The summed E-state index contributed by atoms with van der Waals surface area (Å²) < 4.78 is 7.37. The molecule has 76 valence electrons. The Kier molecular flexibility index (Phi) is 3.33. The van der Waals surface area contributed by atoms with Crippen LogP contribution >= 0.6 is 31.9 Å². The molecule has 3 nitrogen and oxygen atoms in total. The van der Waals surface area contributed by atoms with E-state index in [2.05, 4.69) is 41.8 Å². The highest BCUT2D eigenvalue weighted by atomic mass is 79.9. The number of hydrogen-bond acceptors (Lipinski definition) is 3. The zero-order valence-corrected chi connectivity index (χ0v) is 10.7. The van der Waals surface area contributed by atoms with E-state index >= 15 is 0 Å². The van der Waals surface area contributed by atoms with Gasteiger partial charge in [0.1, 0.15) is 5.75 Å². The van der Waals surface area contributed by atoms with Crippen molar-refractivity contribution in [2.45, 2.75) is 0 Å². The molecule has 0 N–H and O–H groups in total. The molecular weight excluding hydrogens is 324 g/mol. The molecule has 5 heteroatoms. The molecule has 2 aromatic rings. The SMILES string of the molecule is Brc1ccc(Oc2cnccn2)c(Br)c1. The summed E-state index contributed by atoms with van der Waals surface area (Å²) in [5.41, 5.74) is 0. The Bertz CT molecular complexity index is 462. The highest BCUT2D eigenvalue weighted by Gasteiger charge is 2.03. The fourth-order valence-corrected chi connectivity index (χ4v) is 2.14. The van der Waals surface area contributed by atoms with Crippen LogP contribution in [0, 0.1) is 0 Å². The van der Waals surface area contributed by atoms with Crippen molar-refractivity contribution in [2.24, 2.45) is 0 Å². The Morgan fingerprint density at radius 1 is 1.13 bits per heavy atom. The second-order valence-electron chi connectivity index (χ2n) is 2.72. The van der Waals surface area contributed by atoms with Gasteiger partial charge < -0.3 is 4.74 Å². The zero-order chi connectivity index (χ0) is 10.7. The minimum absolute atomic E-state index is 0.473. The number of halogens is 2. The summed E-state index contributed by atoms with van der Waals surface area (Å²) in [4.78, 5) is 7.94. The largest absolute Gasteiger partial charge is 0.436 e. The Morgan fingerprint density at radius 3 is 2.67 bits per heavy atom. The second-order valence-corrected chi connectivity index (χ2v) is 4.49. The quantitative estimate of drug-likeness (QED) is 0.840. The first-order chi connectivity index (χ1) is 7.25. The average Bonchev–Trinajstić information content (AvgIpc) is 2.24. The van der Waals surface area contributed by atoms with Gasteiger partial charge >= 0.3 is 0 Å². The van der Waals surface area contributed by atoms with E-state index in [1.807, 2.05) is 18.2 Å². The molecule has 1 aromatic carbocycles. The summed E-state index contributed by atoms with van der Waals surface area (Å²) in [7, 11) is 0. The molecule has 0 amide bonds. The van der Waals surface area contributed by atoms with Crippen molar-refractivity contribution in [3.8, 4) is 11.6 Å². The van der Waals surface area contributed by atoms with Crippen molar-refractivity contribution in [2.75, 3.05) is 0 Å². The first kappa shape index (κ1) is 10.6. The fourth-order valence-electron chi connectivity index (χ4n) is 1.01. The van der Waals surface area contributed by atoms with E-state index in [0.717, 1.165) is 8.95 Å².